The van der Waals surface area contributed by atoms with E-state index < -0.39 is 0 Å². The third-order valence-corrected chi connectivity index (χ3v) is 3.26. The molecule has 0 unspecified atom stereocenters. The van der Waals surface area contributed by atoms with Gasteiger partial charge in [-0.25, -0.2) is 0 Å². The standard InChI is InChI=1S/C15H31NO/c1-4-6-8-9-10-11-12-14-16(15(3)17)13-7-5-2/h4-14H2,1-3H3. The largest absolute Gasteiger partial charge is 0.343 e. The van der Waals surface area contributed by atoms with Crippen LogP contribution >= 0.6 is 0 Å². The van der Waals surface area contributed by atoms with Gasteiger partial charge in [-0.15, -0.1) is 0 Å². The Kier molecular flexibility index (Phi) is 11.6. The van der Waals surface area contributed by atoms with Gasteiger partial charge in [-0.05, 0) is 12.8 Å². The molecule has 0 spiro atoms. The molecule has 17 heavy (non-hydrogen) atoms. The Morgan fingerprint density at radius 1 is 0.765 bits per heavy atom. The highest BCUT2D eigenvalue weighted by Crippen LogP contribution is 2.08. The Hall–Kier alpha value is -0.530. The molecule has 0 bridgehead atoms. The van der Waals surface area contributed by atoms with Crippen molar-refractivity contribution >= 4 is 5.91 Å². The van der Waals surface area contributed by atoms with Gasteiger partial charge in [-0.2, -0.15) is 0 Å². The van der Waals surface area contributed by atoms with Gasteiger partial charge in [0.05, 0.1) is 0 Å². The fourth-order valence-corrected chi connectivity index (χ4v) is 2.04. The van der Waals surface area contributed by atoms with E-state index in [1.54, 1.807) is 6.92 Å². The third kappa shape index (κ3) is 10.3. The average molecular weight is 241 g/mol. The summed E-state index contributed by atoms with van der Waals surface area (Å²) in [6.07, 6.45) is 11.5. The van der Waals surface area contributed by atoms with Gasteiger partial charge in [-0.1, -0.05) is 58.8 Å². The number of amides is 1. The van der Waals surface area contributed by atoms with Crippen LogP contribution in [0.25, 0.3) is 0 Å². The molecule has 0 aromatic rings. The molecule has 0 aliphatic rings. The number of unbranched alkanes of at least 4 members (excludes halogenated alkanes) is 7. The smallest absolute Gasteiger partial charge is 0.219 e. The number of rotatable bonds is 11. The summed E-state index contributed by atoms with van der Waals surface area (Å²) in [4.78, 5) is 13.4. The van der Waals surface area contributed by atoms with Crippen molar-refractivity contribution in [1.29, 1.82) is 0 Å². The summed E-state index contributed by atoms with van der Waals surface area (Å²) in [5, 5.41) is 0. The predicted octanol–water partition coefficient (Wildman–Crippen LogP) is 4.39. The number of carbonyl (C=O) groups excluding carboxylic acids is 1. The first-order chi connectivity index (χ1) is 8.22. The van der Waals surface area contributed by atoms with Crippen molar-refractivity contribution in [3.63, 3.8) is 0 Å². The molecule has 0 N–H and O–H groups in total. The molecular weight excluding hydrogens is 210 g/mol. The monoisotopic (exact) mass is 241 g/mol. The topological polar surface area (TPSA) is 20.3 Å². The van der Waals surface area contributed by atoms with Gasteiger partial charge in [0.15, 0.2) is 0 Å². The second kappa shape index (κ2) is 11.9. The molecule has 0 saturated carbocycles. The van der Waals surface area contributed by atoms with Crippen LogP contribution in [0.2, 0.25) is 0 Å². The molecule has 2 heteroatoms. The highest BCUT2D eigenvalue weighted by atomic mass is 16.2. The van der Waals surface area contributed by atoms with Crippen LogP contribution < -0.4 is 0 Å². The third-order valence-electron chi connectivity index (χ3n) is 3.26. The minimum atomic E-state index is 0.240. The van der Waals surface area contributed by atoms with Crippen molar-refractivity contribution in [2.24, 2.45) is 0 Å². The fourth-order valence-electron chi connectivity index (χ4n) is 2.04. The van der Waals surface area contributed by atoms with E-state index in [-0.39, 0.29) is 5.91 Å². The van der Waals surface area contributed by atoms with Gasteiger partial charge in [-0.3, -0.25) is 4.79 Å². The van der Waals surface area contributed by atoms with E-state index in [2.05, 4.69) is 13.8 Å². The van der Waals surface area contributed by atoms with E-state index in [4.69, 9.17) is 0 Å². The van der Waals surface area contributed by atoms with Crippen molar-refractivity contribution in [1.82, 2.24) is 4.90 Å². The lowest BCUT2D eigenvalue weighted by Crippen LogP contribution is -2.30. The van der Waals surface area contributed by atoms with Crippen LogP contribution in [-0.2, 0) is 4.79 Å². The molecule has 0 aromatic heterocycles. The summed E-state index contributed by atoms with van der Waals surface area (Å²) in [7, 11) is 0. The van der Waals surface area contributed by atoms with E-state index in [1.165, 1.54) is 51.4 Å². The van der Waals surface area contributed by atoms with Gasteiger partial charge < -0.3 is 4.90 Å². The quantitative estimate of drug-likeness (QED) is 0.491. The molecule has 0 saturated heterocycles. The van der Waals surface area contributed by atoms with Crippen LogP contribution in [0.4, 0.5) is 0 Å². The first-order valence-corrected chi connectivity index (χ1v) is 7.47. The van der Waals surface area contributed by atoms with Crippen LogP contribution in [0.15, 0.2) is 0 Å². The Morgan fingerprint density at radius 3 is 1.76 bits per heavy atom. The van der Waals surface area contributed by atoms with Gasteiger partial charge in [0.25, 0.3) is 0 Å². The maximum Gasteiger partial charge on any atom is 0.219 e. The molecule has 0 aliphatic heterocycles. The normalized spacial score (nSPS) is 10.5. The molecule has 0 fully saturated rings. The maximum atomic E-state index is 11.4. The summed E-state index contributed by atoms with van der Waals surface area (Å²) < 4.78 is 0. The molecule has 1 amide bonds. The molecule has 0 heterocycles. The first kappa shape index (κ1) is 16.5. The van der Waals surface area contributed by atoms with Gasteiger partial charge in [0.2, 0.25) is 5.91 Å². The lowest BCUT2D eigenvalue weighted by Gasteiger charge is -2.20. The summed E-state index contributed by atoms with van der Waals surface area (Å²) in [5.74, 6) is 0.240. The molecule has 0 aliphatic carbocycles. The molecule has 2 nitrogen and oxygen atoms in total. The highest BCUT2D eigenvalue weighted by Gasteiger charge is 2.06. The second-order valence-electron chi connectivity index (χ2n) is 4.98. The van der Waals surface area contributed by atoms with Crippen LogP contribution in [0, 0.1) is 0 Å². The van der Waals surface area contributed by atoms with Crippen LogP contribution in [-0.4, -0.2) is 23.9 Å². The van der Waals surface area contributed by atoms with E-state index in [0.717, 1.165) is 19.5 Å². The zero-order chi connectivity index (χ0) is 12.9. The number of hydrogen-bond acceptors (Lipinski definition) is 1. The molecule has 102 valence electrons. The van der Waals surface area contributed by atoms with E-state index >= 15 is 0 Å². The minimum absolute atomic E-state index is 0.240. The van der Waals surface area contributed by atoms with Crippen LogP contribution in [0.3, 0.4) is 0 Å². The zero-order valence-electron chi connectivity index (χ0n) is 12.1. The van der Waals surface area contributed by atoms with Gasteiger partial charge in [0.1, 0.15) is 0 Å². The van der Waals surface area contributed by atoms with E-state index in [9.17, 15) is 4.79 Å². The van der Waals surface area contributed by atoms with Crippen molar-refractivity contribution in [2.45, 2.75) is 78.6 Å². The number of nitrogens with zero attached hydrogens (tertiary/aromatic N) is 1. The van der Waals surface area contributed by atoms with Crippen molar-refractivity contribution in [3.05, 3.63) is 0 Å². The maximum absolute atomic E-state index is 11.4. The SMILES string of the molecule is CCCCCCCCCN(CCCC)C(C)=O. The zero-order valence-corrected chi connectivity index (χ0v) is 12.1. The predicted molar refractivity (Wildman–Crippen MR) is 75.2 cm³/mol. The highest BCUT2D eigenvalue weighted by molar-refractivity contribution is 5.73. The van der Waals surface area contributed by atoms with Crippen LogP contribution in [0.1, 0.15) is 78.6 Å². The summed E-state index contributed by atoms with van der Waals surface area (Å²) >= 11 is 0. The summed E-state index contributed by atoms with van der Waals surface area (Å²) in [6.45, 7) is 8.02. The summed E-state index contributed by atoms with van der Waals surface area (Å²) in [5.41, 5.74) is 0. The molecule has 0 radical (unpaired) electrons. The number of carbonyl (C=O) groups is 1. The van der Waals surface area contributed by atoms with Crippen molar-refractivity contribution < 1.29 is 4.79 Å². The average Bonchev–Trinajstić information content (AvgIpc) is 2.31. The minimum Gasteiger partial charge on any atom is -0.343 e. The lowest BCUT2D eigenvalue weighted by atomic mass is 10.1. The van der Waals surface area contributed by atoms with Gasteiger partial charge >= 0.3 is 0 Å². The van der Waals surface area contributed by atoms with Gasteiger partial charge in [0, 0.05) is 20.0 Å². The van der Waals surface area contributed by atoms with E-state index in [1.807, 2.05) is 4.90 Å². The van der Waals surface area contributed by atoms with E-state index in [0.29, 0.717) is 0 Å². The van der Waals surface area contributed by atoms with Crippen molar-refractivity contribution in [2.75, 3.05) is 13.1 Å². The number of hydrogen-bond donors (Lipinski definition) is 0. The Bertz CT molecular complexity index is 180. The Balaban J connectivity index is 3.44. The molecular formula is C15H31NO. The molecule has 0 atom stereocenters. The first-order valence-electron chi connectivity index (χ1n) is 7.47. The lowest BCUT2D eigenvalue weighted by molar-refractivity contribution is -0.129. The fraction of sp³-hybridized carbons (Fsp3) is 0.933. The Labute approximate surface area is 108 Å². The Morgan fingerprint density at radius 2 is 1.24 bits per heavy atom. The molecule has 0 aromatic carbocycles. The second-order valence-corrected chi connectivity index (χ2v) is 4.98. The van der Waals surface area contributed by atoms with Crippen LogP contribution in [0.5, 0.6) is 0 Å². The van der Waals surface area contributed by atoms with Crippen molar-refractivity contribution in [3.8, 4) is 0 Å². The molecule has 0 rings (SSSR count). The summed E-state index contributed by atoms with van der Waals surface area (Å²) in [6, 6.07) is 0.